The highest BCUT2D eigenvalue weighted by Crippen LogP contribution is 2.15. The minimum atomic E-state index is -0.248. The van der Waals surface area contributed by atoms with Crippen LogP contribution in [0.2, 0.25) is 0 Å². The fraction of sp³-hybridized carbons (Fsp3) is 0.400. The lowest BCUT2D eigenvalue weighted by Gasteiger charge is -2.34. The quantitative estimate of drug-likeness (QED) is 0.863. The number of hydrogen-bond donors (Lipinski definition) is 1. The Bertz CT molecular complexity index is 727. The molecule has 6 heteroatoms. The number of likely N-dealkylation sites (N-methyl/N-ethyl adjacent to an activating group) is 1. The monoisotopic (exact) mass is 356 g/mol. The highest BCUT2D eigenvalue weighted by molar-refractivity contribution is 5.94. The average Bonchev–Trinajstić information content (AvgIpc) is 2.69. The van der Waals surface area contributed by atoms with Crippen molar-refractivity contribution in [2.24, 2.45) is 0 Å². The first-order chi connectivity index (χ1) is 12.7. The fourth-order valence-corrected chi connectivity index (χ4v) is 3.10. The summed E-state index contributed by atoms with van der Waals surface area (Å²) in [4.78, 5) is 21.5. The van der Waals surface area contributed by atoms with Gasteiger partial charge in [0.1, 0.15) is 11.6 Å². The molecule has 2 heterocycles. The van der Waals surface area contributed by atoms with Gasteiger partial charge in [0.2, 0.25) is 0 Å². The van der Waals surface area contributed by atoms with Crippen LogP contribution >= 0.6 is 0 Å². The Hall–Kier alpha value is -2.47. The van der Waals surface area contributed by atoms with E-state index in [4.69, 9.17) is 0 Å². The molecule has 0 spiro atoms. The van der Waals surface area contributed by atoms with Gasteiger partial charge in [0.15, 0.2) is 0 Å². The number of piperazine rings is 1. The number of carbonyl (C=O) groups is 1. The van der Waals surface area contributed by atoms with Crippen molar-refractivity contribution in [3.8, 4) is 0 Å². The molecule has 0 atom stereocenters. The Morgan fingerprint density at radius 3 is 2.58 bits per heavy atom. The van der Waals surface area contributed by atoms with Gasteiger partial charge in [-0.1, -0.05) is 19.1 Å². The number of amides is 1. The maximum atomic E-state index is 12.9. The molecule has 0 bridgehead atoms. The molecular weight excluding hydrogens is 331 g/mol. The lowest BCUT2D eigenvalue weighted by Crippen LogP contribution is -2.46. The summed E-state index contributed by atoms with van der Waals surface area (Å²) in [7, 11) is 0. The first-order valence-electron chi connectivity index (χ1n) is 9.11. The summed E-state index contributed by atoms with van der Waals surface area (Å²) in [5.41, 5.74) is 1.61. The van der Waals surface area contributed by atoms with Crippen molar-refractivity contribution in [2.75, 3.05) is 44.2 Å². The van der Waals surface area contributed by atoms with Crippen LogP contribution in [-0.4, -0.2) is 55.1 Å². The summed E-state index contributed by atoms with van der Waals surface area (Å²) >= 11 is 0. The Kier molecular flexibility index (Phi) is 6.17. The first-order valence-corrected chi connectivity index (χ1v) is 9.11. The van der Waals surface area contributed by atoms with Crippen LogP contribution < -0.4 is 10.2 Å². The molecule has 0 unspecified atom stereocenters. The number of nitrogens with zero attached hydrogens (tertiary/aromatic N) is 3. The number of halogens is 1. The molecule has 1 saturated heterocycles. The molecule has 2 aromatic rings. The van der Waals surface area contributed by atoms with Crippen LogP contribution in [0.25, 0.3) is 0 Å². The second-order valence-corrected chi connectivity index (χ2v) is 6.46. The third-order valence-corrected chi connectivity index (χ3v) is 4.76. The average molecular weight is 356 g/mol. The normalized spacial score (nSPS) is 15.1. The fourth-order valence-electron chi connectivity index (χ4n) is 3.10. The molecule has 1 amide bonds. The minimum Gasteiger partial charge on any atom is -0.354 e. The van der Waals surface area contributed by atoms with E-state index in [-0.39, 0.29) is 11.7 Å². The van der Waals surface area contributed by atoms with Crippen LogP contribution in [0.5, 0.6) is 0 Å². The Balaban J connectivity index is 1.53. The number of benzene rings is 1. The van der Waals surface area contributed by atoms with Crippen molar-refractivity contribution in [2.45, 2.75) is 13.3 Å². The summed E-state index contributed by atoms with van der Waals surface area (Å²) in [6.45, 7) is 7.64. The van der Waals surface area contributed by atoms with Crippen LogP contribution in [0.3, 0.4) is 0 Å². The van der Waals surface area contributed by atoms with Crippen LogP contribution in [0.1, 0.15) is 22.8 Å². The maximum absolute atomic E-state index is 12.9. The first kappa shape index (κ1) is 18.3. The molecule has 5 nitrogen and oxygen atoms in total. The van der Waals surface area contributed by atoms with Gasteiger partial charge in [-0.2, -0.15) is 0 Å². The topological polar surface area (TPSA) is 48.5 Å². The molecule has 0 radical (unpaired) electrons. The number of anilines is 1. The van der Waals surface area contributed by atoms with Gasteiger partial charge in [-0.3, -0.25) is 4.79 Å². The molecule has 1 aromatic heterocycles. The van der Waals surface area contributed by atoms with E-state index in [0.717, 1.165) is 44.1 Å². The number of rotatable bonds is 6. The second kappa shape index (κ2) is 8.76. The van der Waals surface area contributed by atoms with Crippen LogP contribution in [0.4, 0.5) is 10.2 Å². The van der Waals surface area contributed by atoms with Crippen molar-refractivity contribution in [3.05, 3.63) is 59.5 Å². The maximum Gasteiger partial charge on any atom is 0.251 e. The predicted molar refractivity (Wildman–Crippen MR) is 101 cm³/mol. The SMILES string of the molecule is CCN1CCN(c2cc(C(=O)NCCc3ccc(F)cc3)ccn2)CC1. The number of carbonyl (C=O) groups excluding carboxylic acids is 1. The second-order valence-electron chi connectivity index (χ2n) is 6.46. The van der Waals surface area contributed by atoms with Crippen LogP contribution in [0, 0.1) is 5.82 Å². The zero-order valence-electron chi connectivity index (χ0n) is 15.1. The number of nitrogens with one attached hydrogen (secondary N) is 1. The molecular formula is C20H25FN4O. The van der Waals surface area contributed by atoms with E-state index in [1.165, 1.54) is 12.1 Å². The van der Waals surface area contributed by atoms with E-state index >= 15 is 0 Å². The third-order valence-electron chi connectivity index (χ3n) is 4.76. The zero-order chi connectivity index (χ0) is 18.4. The van der Waals surface area contributed by atoms with E-state index in [2.05, 4.69) is 27.0 Å². The van der Waals surface area contributed by atoms with Crippen molar-refractivity contribution in [1.82, 2.24) is 15.2 Å². The van der Waals surface area contributed by atoms with Crippen molar-refractivity contribution >= 4 is 11.7 Å². The lowest BCUT2D eigenvalue weighted by atomic mass is 10.1. The van der Waals surface area contributed by atoms with Crippen molar-refractivity contribution < 1.29 is 9.18 Å². The van der Waals surface area contributed by atoms with E-state index < -0.39 is 0 Å². The van der Waals surface area contributed by atoms with Gasteiger partial charge in [0.25, 0.3) is 5.91 Å². The highest BCUT2D eigenvalue weighted by Gasteiger charge is 2.17. The van der Waals surface area contributed by atoms with Gasteiger partial charge in [-0.15, -0.1) is 0 Å². The lowest BCUT2D eigenvalue weighted by molar-refractivity contribution is 0.0954. The molecule has 0 aliphatic carbocycles. The summed E-state index contributed by atoms with van der Waals surface area (Å²) in [5, 5.41) is 2.92. The molecule has 1 aromatic carbocycles. The molecule has 1 aliphatic heterocycles. The molecule has 3 rings (SSSR count). The van der Waals surface area contributed by atoms with Crippen molar-refractivity contribution in [1.29, 1.82) is 0 Å². The highest BCUT2D eigenvalue weighted by atomic mass is 19.1. The largest absolute Gasteiger partial charge is 0.354 e. The van der Waals surface area contributed by atoms with E-state index in [1.807, 2.05) is 6.07 Å². The van der Waals surface area contributed by atoms with Crippen LogP contribution in [0.15, 0.2) is 42.6 Å². The van der Waals surface area contributed by atoms with Crippen molar-refractivity contribution in [3.63, 3.8) is 0 Å². The summed E-state index contributed by atoms with van der Waals surface area (Å²) in [6.07, 6.45) is 2.36. The molecule has 26 heavy (non-hydrogen) atoms. The van der Waals surface area contributed by atoms with Crippen LogP contribution in [-0.2, 0) is 6.42 Å². The number of hydrogen-bond acceptors (Lipinski definition) is 4. The van der Waals surface area contributed by atoms with Gasteiger partial charge in [-0.05, 0) is 42.8 Å². The third kappa shape index (κ3) is 4.79. The minimum absolute atomic E-state index is 0.108. The summed E-state index contributed by atoms with van der Waals surface area (Å²) in [5.74, 6) is 0.497. The van der Waals surface area contributed by atoms with Gasteiger partial charge in [-0.25, -0.2) is 9.37 Å². The van der Waals surface area contributed by atoms with Gasteiger partial charge >= 0.3 is 0 Å². The Morgan fingerprint density at radius 2 is 1.88 bits per heavy atom. The molecule has 138 valence electrons. The molecule has 1 fully saturated rings. The van der Waals surface area contributed by atoms with E-state index in [1.54, 1.807) is 24.4 Å². The van der Waals surface area contributed by atoms with Gasteiger partial charge in [0, 0.05) is 44.5 Å². The van der Waals surface area contributed by atoms with Gasteiger partial charge in [0.05, 0.1) is 0 Å². The zero-order valence-corrected chi connectivity index (χ0v) is 15.1. The standard InChI is InChI=1S/C20H25FN4O/c1-2-24-11-13-25(14-12-24)19-15-17(8-10-22-19)20(26)23-9-7-16-3-5-18(21)6-4-16/h3-6,8,10,15H,2,7,9,11-14H2,1H3,(H,23,26). The molecule has 1 N–H and O–H groups in total. The van der Waals surface area contributed by atoms with E-state index in [0.29, 0.717) is 18.5 Å². The number of pyridine rings is 1. The van der Waals surface area contributed by atoms with E-state index in [9.17, 15) is 9.18 Å². The Morgan fingerprint density at radius 1 is 1.15 bits per heavy atom. The summed E-state index contributed by atoms with van der Waals surface area (Å²) in [6, 6.07) is 9.94. The number of aromatic nitrogens is 1. The molecule has 0 saturated carbocycles. The van der Waals surface area contributed by atoms with Gasteiger partial charge < -0.3 is 15.1 Å². The Labute approximate surface area is 153 Å². The predicted octanol–water partition coefficient (Wildman–Crippen LogP) is 2.34. The smallest absolute Gasteiger partial charge is 0.251 e. The molecule has 1 aliphatic rings. The summed E-state index contributed by atoms with van der Waals surface area (Å²) < 4.78 is 12.9.